The van der Waals surface area contributed by atoms with Gasteiger partial charge in [-0.25, -0.2) is 15.0 Å². The quantitative estimate of drug-likeness (QED) is 0.211. The molecule has 1 aromatic carbocycles. The van der Waals surface area contributed by atoms with Crippen molar-refractivity contribution in [2.75, 3.05) is 45.1 Å². The number of hydrazone groups is 1. The van der Waals surface area contributed by atoms with Crippen molar-refractivity contribution < 1.29 is 27.9 Å². The number of alkyl halides is 3. The Labute approximate surface area is 246 Å². The minimum atomic E-state index is -4.54. The van der Waals surface area contributed by atoms with Crippen molar-refractivity contribution >= 4 is 35.8 Å². The molecule has 3 rings (SSSR count). The van der Waals surface area contributed by atoms with Crippen LogP contribution in [-0.4, -0.2) is 88.2 Å². The number of nitrogens with zero attached hydrogens (tertiary/aromatic N) is 6. The van der Waals surface area contributed by atoms with E-state index in [-0.39, 0.29) is 53.2 Å². The van der Waals surface area contributed by atoms with E-state index in [1.165, 1.54) is 17.3 Å². The highest BCUT2D eigenvalue weighted by Crippen LogP contribution is 2.34. The van der Waals surface area contributed by atoms with Gasteiger partial charge in [0.05, 0.1) is 28.5 Å². The summed E-state index contributed by atoms with van der Waals surface area (Å²) in [6.45, 7) is 11.8. The number of aromatic nitrogens is 2. The summed E-state index contributed by atoms with van der Waals surface area (Å²) in [5, 5.41) is 20.9. The lowest BCUT2D eigenvalue weighted by Crippen LogP contribution is -2.51. The summed E-state index contributed by atoms with van der Waals surface area (Å²) >= 11 is 6.04. The van der Waals surface area contributed by atoms with Gasteiger partial charge in [0.25, 0.3) is 11.8 Å². The summed E-state index contributed by atoms with van der Waals surface area (Å²) in [5.74, 6) is -1.22. The zero-order chi connectivity index (χ0) is 31.2. The van der Waals surface area contributed by atoms with E-state index >= 15 is 0 Å². The van der Waals surface area contributed by atoms with Crippen LogP contribution in [0.2, 0.25) is 5.02 Å². The van der Waals surface area contributed by atoms with Crippen LogP contribution in [0.4, 0.5) is 18.9 Å². The molecular weight excluding hydrogens is 577 g/mol. The van der Waals surface area contributed by atoms with Gasteiger partial charge in [0.15, 0.2) is 11.4 Å². The van der Waals surface area contributed by atoms with E-state index < -0.39 is 23.6 Å². The molecule has 15 heteroatoms. The number of aryl methyl sites for hydroxylation is 1. The topological polar surface area (TPSA) is 126 Å². The van der Waals surface area contributed by atoms with Crippen molar-refractivity contribution in [1.29, 1.82) is 0 Å². The van der Waals surface area contributed by atoms with Crippen molar-refractivity contribution in [3.63, 3.8) is 0 Å². The normalized spacial score (nSPS) is 14.2. The van der Waals surface area contributed by atoms with Crippen LogP contribution in [0, 0.1) is 6.92 Å². The molecule has 1 aliphatic rings. The van der Waals surface area contributed by atoms with Gasteiger partial charge in [-0.3, -0.25) is 9.59 Å². The average Bonchev–Trinajstić information content (AvgIpc) is 2.96. The number of anilines is 1. The second-order valence-corrected chi connectivity index (χ2v) is 9.70. The van der Waals surface area contributed by atoms with E-state index in [0.717, 1.165) is 17.1 Å². The highest BCUT2D eigenvalue weighted by Gasteiger charge is 2.33. The second-order valence-electron chi connectivity index (χ2n) is 9.29. The van der Waals surface area contributed by atoms with Gasteiger partial charge in [0.1, 0.15) is 12.0 Å². The first-order valence-corrected chi connectivity index (χ1v) is 13.3. The number of benzene rings is 1. The number of allylic oxidation sites excluding steroid dienone is 1. The largest absolute Gasteiger partial charge is 0.504 e. The molecule has 2 aromatic rings. The number of hydrogen-bond acceptors (Lipinski definition) is 9. The number of amides is 2. The summed E-state index contributed by atoms with van der Waals surface area (Å²) in [7, 11) is 1.69. The van der Waals surface area contributed by atoms with Crippen LogP contribution < -0.4 is 10.6 Å². The van der Waals surface area contributed by atoms with Crippen LogP contribution >= 0.6 is 11.6 Å². The molecule has 3 N–H and O–H groups in total. The summed E-state index contributed by atoms with van der Waals surface area (Å²) in [6.07, 6.45) is -2.85. The molecule has 0 radical (unpaired) electrons. The molecule has 1 saturated heterocycles. The first kappa shape index (κ1) is 32.2. The first-order valence-electron chi connectivity index (χ1n) is 12.9. The van der Waals surface area contributed by atoms with Crippen molar-refractivity contribution in [1.82, 2.24) is 30.1 Å². The lowest BCUT2D eigenvalue weighted by molar-refractivity contribution is -0.137. The number of rotatable bonds is 10. The summed E-state index contributed by atoms with van der Waals surface area (Å²) in [5.41, 5.74) is 0.661. The third-order valence-electron chi connectivity index (χ3n) is 6.59. The number of aromatic hydroxyl groups is 1. The fourth-order valence-corrected chi connectivity index (χ4v) is 4.56. The minimum absolute atomic E-state index is 0.0894. The Bertz CT molecular complexity index is 1390. The van der Waals surface area contributed by atoms with Crippen molar-refractivity contribution in [2.24, 2.45) is 5.10 Å². The highest BCUT2D eigenvalue weighted by atomic mass is 35.5. The van der Waals surface area contributed by atoms with E-state index in [4.69, 9.17) is 11.6 Å². The molecule has 2 heterocycles. The second kappa shape index (κ2) is 13.6. The standard InChI is InChI=1S/C27H32ClF3N8O3/c1-6-20(32-4)23(37-9-11-38(12-10-37)25(41)22-24(40)17(3)34-15-35-22)26(42)39(33-5)14-16(2)36-21-8-7-18(13-19(21)28)27(29,30)31/h7-8,13,15,32,36,40H,2,5-6,9-12,14H2,1,3-4H3/b23-20+. The Morgan fingerprint density at radius 2 is 1.83 bits per heavy atom. The molecular formula is C27H32ClF3N8O3. The molecule has 0 atom stereocenters. The Hall–Kier alpha value is -4.33. The molecule has 1 aromatic heterocycles. The van der Waals surface area contributed by atoms with Gasteiger partial charge < -0.3 is 25.5 Å². The number of piperazine rings is 1. The number of halogens is 4. The highest BCUT2D eigenvalue weighted by molar-refractivity contribution is 6.33. The molecule has 11 nitrogen and oxygen atoms in total. The first-order chi connectivity index (χ1) is 19.8. The molecule has 0 unspecified atom stereocenters. The van der Waals surface area contributed by atoms with Crippen LogP contribution in [0.25, 0.3) is 0 Å². The van der Waals surface area contributed by atoms with Crippen molar-refractivity contribution in [3.05, 3.63) is 70.2 Å². The van der Waals surface area contributed by atoms with E-state index in [2.05, 4.69) is 39.0 Å². The van der Waals surface area contributed by atoms with Crippen molar-refractivity contribution in [3.8, 4) is 5.75 Å². The number of carbonyl (C=O) groups excluding carboxylic acids is 2. The molecule has 1 fully saturated rings. The molecule has 0 saturated carbocycles. The fraction of sp³-hybridized carbons (Fsp3) is 0.370. The van der Waals surface area contributed by atoms with E-state index in [0.29, 0.717) is 30.9 Å². The molecule has 2 amide bonds. The van der Waals surface area contributed by atoms with Crippen LogP contribution in [0.15, 0.2) is 53.3 Å². The Balaban J connectivity index is 1.74. The van der Waals surface area contributed by atoms with Crippen molar-refractivity contribution in [2.45, 2.75) is 26.4 Å². The molecule has 0 spiro atoms. The predicted octanol–water partition coefficient (Wildman–Crippen LogP) is 3.83. The summed E-state index contributed by atoms with van der Waals surface area (Å²) < 4.78 is 38.9. The van der Waals surface area contributed by atoms with Gasteiger partial charge in [-0.2, -0.15) is 18.3 Å². The zero-order valence-electron chi connectivity index (χ0n) is 23.4. The predicted molar refractivity (Wildman–Crippen MR) is 153 cm³/mol. The molecule has 0 bridgehead atoms. The van der Waals surface area contributed by atoms with Crippen LogP contribution in [0.3, 0.4) is 0 Å². The van der Waals surface area contributed by atoms with Gasteiger partial charge in [0, 0.05) is 51.3 Å². The van der Waals surface area contributed by atoms with Gasteiger partial charge >= 0.3 is 6.18 Å². The Morgan fingerprint density at radius 1 is 1.19 bits per heavy atom. The third kappa shape index (κ3) is 7.29. The summed E-state index contributed by atoms with van der Waals surface area (Å²) in [6, 6.07) is 2.86. The number of carbonyl (C=O) groups is 2. The third-order valence-corrected chi connectivity index (χ3v) is 6.90. The maximum atomic E-state index is 13.8. The van der Waals surface area contributed by atoms with Crippen LogP contribution in [0.5, 0.6) is 5.75 Å². The molecule has 226 valence electrons. The van der Waals surface area contributed by atoms with Gasteiger partial charge in [-0.1, -0.05) is 25.1 Å². The SMILES string of the molecule is C=NN(CC(=C)Nc1ccc(C(F)(F)F)cc1Cl)C(=O)/C(=C(/CC)NC)N1CCN(C(=O)c2ncnc(C)c2O)CC1. The minimum Gasteiger partial charge on any atom is -0.504 e. The number of hydrogen-bond donors (Lipinski definition) is 3. The lowest BCUT2D eigenvalue weighted by atomic mass is 10.1. The van der Waals surface area contributed by atoms with Gasteiger partial charge in [-0.15, -0.1) is 0 Å². The monoisotopic (exact) mass is 608 g/mol. The average molecular weight is 609 g/mol. The van der Waals surface area contributed by atoms with E-state index in [1.807, 2.05) is 11.8 Å². The summed E-state index contributed by atoms with van der Waals surface area (Å²) in [4.78, 5) is 37.9. The maximum absolute atomic E-state index is 13.8. The van der Waals surface area contributed by atoms with Gasteiger partial charge in [0.2, 0.25) is 0 Å². The lowest BCUT2D eigenvalue weighted by Gasteiger charge is -2.38. The zero-order valence-corrected chi connectivity index (χ0v) is 24.2. The molecule has 42 heavy (non-hydrogen) atoms. The molecule has 1 aliphatic heterocycles. The maximum Gasteiger partial charge on any atom is 0.416 e. The number of nitrogens with one attached hydrogen (secondary N) is 2. The Morgan fingerprint density at radius 3 is 2.38 bits per heavy atom. The molecule has 0 aliphatic carbocycles. The van der Waals surface area contributed by atoms with E-state index in [1.54, 1.807) is 14.0 Å². The fourth-order valence-electron chi connectivity index (χ4n) is 4.34. The Kier molecular flexibility index (Phi) is 10.4. The van der Waals surface area contributed by atoms with E-state index in [9.17, 15) is 27.9 Å². The van der Waals surface area contributed by atoms with Crippen LogP contribution in [-0.2, 0) is 11.0 Å². The smallest absolute Gasteiger partial charge is 0.416 e. The van der Waals surface area contributed by atoms with Gasteiger partial charge in [-0.05, 0) is 31.5 Å². The van der Waals surface area contributed by atoms with Crippen LogP contribution in [0.1, 0.15) is 35.1 Å².